The van der Waals surface area contributed by atoms with E-state index >= 15 is 0 Å². The number of benzene rings is 3. The number of amides is 2. The number of hydrogen-bond acceptors (Lipinski definition) is 5. The molecule has 0 bridgehead atoms. The molecule has 1 aliphatic heterocycles. The van der Waals surface area contributed by atoms with E-state index in [9.17, 15) is 9.59 Å². The summed E-state index contributed by atoms with van der Waals surface area (Å²) in [5.74, 6) is 0.0601. The summed E-state index contributed by atoms with van der Waals surface area (Å²) >= 11 is 6.66. The lowest BCUT2D eigenvalue weighted by atomic mass is 10.2. The minimum Gasteiger partial charge on any atom is -0.483 e. The molecule has 1 aliphatic rings. The second-order valence-electron chi connectivity index (χ2n) is 6.59. The molecule has 0 spiro atoms. The van der Waals surface area contributed by atoms with E-state index in [1.54, 1.807) is 24.3 Å². The first-order valence-electron chi connectivity index (χ1n) is 9.51. The lowest BCUT2D eigenvalue weighted by molar-refractivity contribution is -0.118. The fourth-order valence-electron chi connectivity index (χ4n) is 3.00. The second kappa shape index (κ2) is 9.59. The van der Waals surface area contributed by atoms with Crippen LogP contribution in [-0.2, 0) is 9.59 Å². The standard InChI is InChI=1S/C24H18N2O3S2/c27-22(25-18-10-3-1-4-11-18)16-29-20-14-8-7-9-17(20)15-21-23(28)26(24(30)31-21)19-12-5-2-6-13-19/h1-15H,16H2,(H,25,27)/b21-15+. The van der Waals surface area contributed by atoms with E-state index < -0.39 is 0 Å². The number of ether oxygens (including phenoxy) is 1. The van der Waals surface area contributed by atoms with Gasteiger partial charge in [-0.1, -0.05) is 78.6 Å². The molecule has 1 saturated heterocycles. The fourth-order valence-corrected chi connectivity index (χ4v) is 4.29. The highest BCUT2D eigenvalue weighted by Crippen LogP contribution is 2.37. The van der Waals surface area contributed by atoms with Crippen molar-refractivity contribution in [2.75, 3.05) is 16.8 Å². The van der Waals surface area contributed by atoms with Gasteiger partial charge in [-0.15, -0.1) is 0 Å². The van der Waals surface area contributed by atoms with Crippen molar-refractivity contribution in [2.45, 2.75) is 0 Å². The summed E-state index contributed by atoms with van der Waals surface area (Å²) in [4.78, 5) is 27.2. The zero-order valence-corrected chi connectivity index (χ0v) is 18.0. The fraction of sp³-hybridized carbons (Fsp3) is 0.0417. The van der Waals surface area contributed by atoms with Gasteiger partial charge in [0.05, 0.1) is 10.6 Å². The van der Waals surface area contributed by atoms with Crippen molar-refractivity contribution in [1.82, 2.24) is 0 Å². The zero-order chi connectivity index (χ0) is 21.6. The molecule has 1 fully saturated rings. The molecular formula is C24H18N2O3S2. The quantitative estimate of drug-likeness (QED) is 0.421. The lowest BCUT2D eigenvalue weighted by Gasteiger charge is -2.14. The third-order valence-electron chi connectivity index (χ3n) is 4.43. The van der Waals surface area contributed by atoms with E-state index in [1.165, 1.54) is 16.7 Å². The Kier molecular flexibility index (Phi) is 6.45. The lowest BCUT2D eigenvalue weighted by Crippen LogP contribution is -2.27. The highest BCUT2D eigenvalue weighted by Gasteiger charge is 2.33. The number of thioether (sulfide) groups is 1. The highest BCUT2D eigenvalue weighted by molar-refractivity contribution is 8.27. The van der Waals surface area contributed by atoms with Crippen molar-refractivity contribution in [3.05, 3.63) is 95.4 Å². The maximum absolute atomic E-state index is 12.9. The Labute approximate surface area is 189 Å². The van der Waals surface area contributed by atoms with Crippen LogP contribution in [0.5, 0.6) is 5.75 Å². The smallest absolute Gasteiger partial charge is 0.270 e. The Hall–Kier alpha value is -3.42. The monoisotopic (exact) mass is 446 g/mol. The van der Waals surface area contributed by atoms with E-state index in [0.717, 1.165) is 5.69 Å². The van der Waals surface area contributed by atoms with Crippen molar-refractivity contribution in [3.63, 3.8) is 0 Å². The number of rotatable bonds is 6. The second-order valence-corrected chi connectivity index (χ2v) is 8.27. The first kappa shape index (κ1) is 20.8. The molecule has 31 heavy (non-hydrogen) atoms. The van der Waals surface area contributed by atoms with Gasteiger partial charge in [-0.3, -0.25) is 14.5 Å². The summed E-state index contributed by atoms with van der Waals surface area (Å²) in [6, 6.07) is 25.7. The first-order valence-corrected chi connectivity index (χ1v) is 10.7. The van der Waals surface area contributed by atoms with Crippen molar-refractivity contribution >= 4 is 57.6 Å². The van der Waals surface area contributed by atoms with Crippen LogP contribution in [0.25, 0.3) is 6.08 Å². The molecule has 5 nitrogen and oxygen atoms in total. The molecular weight excluding hydrogens is 428 g/mol. The Bertz CT molecular complexity index is 1150. The topological polar surface area (TPSA) is 58.6 Å². The molecule has 7 heteroatoms. The number of anilines is 2. The van der Waals surface area contributed by atoms with Gasteiger partial charge in [0, 0.05) is 11.3 Å². The van der Waals surface area contributed by atoms with Gasteiger partial charge in [0.15, 0.2) is 10.9 Å². The van der Waals surface area contributed by atoms with Gasteiger partial charge in [0.25, 0.3) is 11.8 Å². The summed E-state index contributed by atoms with van der Waals surface area (Å²) in [7, 11) is 0. The van der Waals surface area contributed by atoms with Crippen molar-refractivity contribution in [1.29, 1.82) is 0 Å². The molecule has 0 aliphatic carbocycles. The van der Waals surface area contributed by atoms with Crippen LogP contribution in [0.2, 0.25) is 0 Å². The van der Waals surface area contributed by atoms with Crippen LogP contribution in [-0.4, -0.2) is 22.7 Å². The molecule has 0 aromatic heterocycles. The predicted molar refractivity (Wildman–Crippen MR) is 129 cm³/mol. The highest BCUT2D eigenvalue weighted by atomic mass is 32.2. The van der Waals surface area contributed by atoms with Gasteiger partial charge in [-0.05, 0) is 36.4 Å². The molecule has 0 atom stereocenters. The van der Waals surface area contributed by atoms with Crippen molar-refractivity contribution in [3.8, 4) is 5.75 Å². The third kappa shape index (κ3) is 5.02. The van der Waals surface area contributed by atoms with Crippen LogP contribution in [0.4, 0.5) is 11.4 Å². The molecule has 1 heterocycles. The van der Waals surface area contributed by atoms with Gasteiger partial charge in [0.2, 0.25) is 0 Å². The average molecular weight is 447 g/mol. The minimum absolute atomic E-state index is 0.148. The normalized spacial score (nSPS) is 14.7. The first-order chi connectivity index (χ1) is 15.1. The van der Waals surface area contributed by atoms with E-state index in [4.69, 9.17) is 17.0 Å². The minimum atomic E-state index is -0.267. The van der Waals surface area contributed by atoms with Crippen LogP contribution in [0.15, 0.2) is 89.8 Å². The van der Waals surface area contributed by atoms with Crippen molar-refractivity contribution in [2.24, 2.45) is 0 Å². The molecule has 1 N–H and O–H groups in total. The Balaban J connectivity index is 1.48. The van der Waals surface area contributed by atoms with E-state index in [-0.39, 0.29) is 18.4 Å². The number of thiocarbonyl (C=S) groups is 1. The number of para-hydroxylation sites is 3. The predicted octanol–water partition coefficient (Wildman–Crippen LogP) is 5.11. The average Bonchev–Trinajstić information content (AvgIpc) is 3.07. The molecule has 154 valence electrons. The molecule has 4 rings (SSSR count). The maximum atomic E-state index is 12.9. The maximum Gasteiger partial charge on any atom is 0.270 e. The van der Waals surface area contributed by atoms with E-state index in [2.05, 4.69) is 5.32 Å². The summed E-state index contributed by atoms with van der Waals surface area (Å²) in [5, 5.41) is 2.78. The summed E-state index contributed by atoms with van der Waals surface area (Å²) in [6.07, 6.45) is 1.74. The number of nitrogens with zero attached hydrogens (tertiary/aromatic N) is 1. The number of carbonyl (C=O) groups excluding carboxylic acids is 2. The van der Waals surface area contributed by atoms with Crippen LogP contribution < -0.4 is 15.0 Å². The molecule has 0 saturated carbocycles. The summed E-state index contributed by atoms with van der Waals surface area (Å²) in [5.41, 5.74) is 2.13. The van der Waals surface area contributed by atoms with Crippen molar-refractivity contribution < 1.29 is 14.3 Å². The van der Waals surface area contributed by atoms with Crippen LogP contribution in [0.1, 0.15) is 5.56 Å². The number of hydrogen-bond donors (Lipinski definition) is 1. The SMILES string of the molecule is O=C(COc1ccccc1/C=C1/SC(=S)N(c2ccccc2)C1=O)Nc1ccccc1. The Morgan fingerprint density at radius 1 is 0.968 bits per heavy atom. The van der Waals surface area contributed by atoms with Crippen LogP contribution in [0, 0.1) is 0 Å². The summed E-state index contributed by atoms with van der Waals surface area (Å²) < 4.78 is 6.21. The van der Waals surface area contributed by atoms with Crippen LogP contribution >= 0.6 is 24.0 Å². The molecule has 3 aromatic rings. The molecule has 3 aromatic carbocycles. The van der Waals surface area contributed by atoms with Gasteiger partial charge < -0.3 is 10.1 Å². The van der Waals surface area contributed by atoms with E-state index in [1.807, 2.05) is 66.7 Å². The van der Waals surface area contributed by atoms with Gasteiger partial charge >= 0.3 is 0 Å². The van der Waals surface area contributed by atoms with E-state index in [0.29, 0.717) is 26.2 Å². The molecule has 0 unspecified atom stereocenters. The largest absolute Gasteiger partial charge is 0.483 e. The molecule has 0 radical (unpaired) electrons. The third-order valence-corrected chi connectivity index (χ3v) is 5.73. The van der Waals surface area contributed by atoms with Gasteiger partial charge in [-0.2, -0.15) is 0 Å². The number of carbonyl (C=O) groups is 2. The summed E-state index contributed by atoms with van der Waals surface area (Å²) in [6.45, 7) is -0.148. The van der Waals surface area contributed by atoms with Gasteiger partial charge in [0.1, 0.15) is 5.75 Å². The zero-order valence-electron chi connectivity index (χ0n) is 16.4. The van der Waals surface area contributed by atoms with Crippen LogP contribution in [0.3, 0.4) is 0 Å². The van der Waals surface area contributed by atoms with Gasteiger partial charge in [-0.25, -0.2) is 0 Å². The Morgan fingerprint density at radius 2 is 1.61 bits per heavy atom. The molecule has 2 amide bonds. The Morgan fingerprint density at radius 3 is 2.35 bits per heavy atom. The number of nitrogens with one attached hydrogen (secondary N) is 1.